The van der Waals surface area contributed by atoms with Gasteiger partial charge in [0.05, 0.1) is 12.2 Å². The third-order valence-corrected chi connectivity index (χ3v) is 3.05. The molecule has 0 aromatic rings. The Kier molecular flexibility index (Phi) is 2.56. The average molecular weight is 187 g/mol. The zero-order chi connectivity index (χ0) is 9.42. The highest BCUT2D eigenvalue weighted by Gasteiger charge is 2.36. The zero-order valence-corrected chi connectivity index (χ0v) is 8.37. The first-order chi connectivity index (χ1) is 6.15. The summed E-state index contributed by atoms with van der Waals surface area (Å²) in [5.74, 6) is 0. The van der Waals surface area contributed by atoms with Crippen molar-refractivity contribution >= 4 is 0 Å². The van der Waals surface area contributed by atoms with Crippen molar-refractivity contribution in [2.75, 3.05) is 13.1 Å². The van der Waals surface area contributed by atoms with Crippen LogP contribution in [0.2, 0.25) is 0 Å². The molecule has 0 radical (unpaired) electrons. The van der Waals surface area contributed by atoms with Crippen LogP contribution in [0.5, 0.6) is 0 Å². The van der Waals surface area contributed by atoms with E-state index in [2.05, 4.69) is 18.7 Å². The van der Waals surface area contributed by atoms with Gasteiger partial charge in [-0.2, -0.15) is 0 Å². The lowest BCUT2D eigenvalue weighted by Gasteiger charge is -2.45. The van der Waals surface area contributed by atoms with E-state index in [-0.39, 0.29) is 0 Å². The summed E-state index contributed by atoms with van der Waals surface area (Å²) in [5, 5.41) is 0. The van der Waals surface area contributed by atoms with E-state index >= 15 is 0 Å². The Morgan fingerprint density at radius 3 is 2.15 bits per heavy atom. The minimum atomic E-state index is -0.576. The maximum Gasteiger partial charge on any atom is 0.125 e. The number of ether oxygens (including phenoxy) is 1. The molecule has 2 unspecified atom stereocenters. The van der Waals surface area contributed by atoms with Crippen LogP contribution in [-0.4, -0.2) is 42.4 Å². The minimum Gasteiger partial charge on any atom is -0.375 e. The molecule has 2 aliphatic heterocycles. The summed E-state index contributed by atoms with van der Waals surface area (Å²) in [6.07, 6.45) is 2.24. The fourth-order valence-electron chi connectivity index (χ4n) is 2.42. The third kappa shape index (κ3) is 2.02. The molecule has 3 heteroatoms. The lowest BCUT2D eigenvalue weighted by atomic mass is 9.95. The molecule has 2 saturated heterocycles. The predicted molar refractivity (Wildman–Crippen MR) is 49.5 cm³/mol. The van der Waals surface area contributed by atoms with Crippen molar-refractivity contribution < 1.29 is 9.13 Å². The fraction of sp³-hybridized carbons (Fsp3) is 1.00. The van der Waals surface area contributed by atoms with Gasteiger partial charge in [0.1, 0.15) is 6.17 Å². The molecule has 0 spiro atoms. The summed E-state index contributed by atoms with van der Waals surface area (Å²) < 4.78 is 18.3. The number of alkyl halides is 1. The van der Waals surface area contributed by atoms with Gasteiger partial charge in [-0.3, -0.25) is 4.90 Å². The number of halogens is 1. The second-order valence-electron chi connectivity index (χ2n) is 4.43. The van der Waals surface area contributed by atoms with E-state index in [1.54, 1.807) is 0 Å². The molecule has 0 aromatic carbocycles. The normalized spacial score (nSPS) is 43.2. The molecule has 2 heterocycles. The maximum absolute atomic E-state index is 12.6. The Bertz CT molecular complexity index is 172. The number of hydrogen-bond donors (Lipinski definition) is 0. The van der Waals surface area contributed by atoms with Crippen LogP contribution in [0.1, 0.15) is 26.7 Å². The Morgan fingerprint density at radius 2 is 1.69 bits per heavy atom. The van der Waals surface area contributed by atoms with E-state index < -0.39 is 6.17 Å². The second kappa shape index (κ2) is 3.54. The lowest BCUT2D eigenvalue weighted by molar-refractivity contribution is -0.0885. The first-order valence-corrected chi connectivity index (χ1v) is 5.18. The van der Waals surface area contributed by atoms with Crippen molar-refractivity contribution in [2.45, 2.75) is 51.1 Å². The van der Waals surface area contributed by atoms with Crippen LogP contribution in [0.15, 0.2) is 0 Å². The fourth-order valence-corrected chi connectivity index (χ4v) is 2.42. The highest BCUT2D eigenvalue weighted by Crippen LogP contribution is 2.27. The van der Waals surface area contributed by atoms with Gasteiger partial charge in [-0.25, -0.2) is 4.39 Å². The van der Waals surface area contributed by atoms with Gasteiger partial charge in [0.2, 0.25) is 0 Å². The van der Waals surface area contributed by atoms with Crippen molar-refractivity contribution in [3.63, 3.8) is 0 Å². The van der Waals surface area contributed by atoms with E-state index in [4.69, 9.17) is 4.74 Å². The molecule has 2 aliphatic rings. The van der Waals surface area contributed by atoms with Crippen LogP contribution in [-0.2, 0) is 4.74 Å². The van der Waals surface area contributed by atoms with Crippen LogP contribution in [0.3, 0.4) is 0 Å². The quantitative estimate of drug-likeness (QED) is 0.618. The monoisotopic (exact) mass is 187 g/mol. The molecule has 0 bridgehead atoms. The minimum absolute atomic E-state index is 0.340. The van der Waals surface area contributed by atoms with Crippen molar-refractivity contribution in [1.29, 1.82) is 0 Å². The van der Waals surface area contributed by atoms with Gasteiger partial charge >= 0.3 is 0 Å². The Morgan fingerprint density at radius 1 is 1.15 bits per heavy atom. The Balaban J connectivity index is 1.85. The molecule has 2 rings (SSSR count). The van der Waals surface area contributed by atoms with Crippen LogP contribution >= 0.6 is 0 Å². The molecule has 2 nitrogen and oxygen atoms in total. The SMILES string of the molecule is CC1CC(N2CC(F)C2)CC(C)O1. The average Bonchev–Trinajstić information content (AvgIpc) is 1.96. The van der Waals surface area contributed by atoms with Crippen molar-refractivity contribution in [1.82, 2.24) is 4.90 Å². The number of rotatable bonds is 1. The first kappa shape index (κ1) is 9.41. The van der Waals surface area contributed by atoms with Crippen molar-refractivity contribution in [3.8, 4) is 0 Å². The molecule has 2 fully saturated rings. The predicted octanol–water partition coefficient (Wildman–Crippen LogP) is 1.60. The van der Waals surface area contributed by atoms with Gasteiger partial charge in [0, 0.05) is 19.1 Å². The highest BCUT2D eigenvalue weighted by atomic mass is 19.1. The molecule has 0 saturated carbocycles. The summed E-state index contributed by atoms with van der Waals surface area (Å²) in [7, 11) is 0. The van der Waals surface area contributed by atoms with E-state index in [1.807, 2.05) is 0 Å². The van der Waals surface area contributed by atoms with Gasteiger partial charge in [-0.15, -0.1) is 0 Å². The maximum atomic E-state index is 12.6. The second-order valence-corrected chi connectivity index (χ2v) is 4.43. The largest absolute Gasteiger partial charge is 0.375 e. The van der Waals surface area contributed by atoms with Crippen LogP contribution in [0.25, 0.3) is 0 Å². The smallest absolute Gasteiger partial charge is 0.125 e. The molecular formula is C10H18FNO. The highest BCUT2D eigenvalue weighted by molar-refractivity contribution is 4.89. The summed E-state index contributed by atoms with van der Waals surface area (Å²) in [6, 6.07) is 0.561. The molecule has 0 aromatic heterocycles. The number of hydrogen-bond acceptors (Lipinski definition) is 2. The number of nitrogens with zero attached hydrogens (tertiary/aromatic N) is 1. The van der Waals surface area contributed by atoms with Gasteiger partial charge in [0.15, 0.2) is 0 Å². The molecule has 0 amide bonds. The van der Waals surface area contributed by atoms with Crippen LogP contribution in [0.4, 0.5) is 4.39 Å². The number of likely N-dealkylation sites (tertiary alicyclic amines) is 1. The van der Waals surface area contributed by atoms with Crippen LogP contribution < -0.4 is 0 Å². The molecule has 76 valence electrons. The third-order valence-electron chi connectivity index (χ3n) is 3.05. The van der Waals surface area contributed by atoms with Gasteiger partial charge in [-0.05, 0) is 26.7 Å². The molecule has 2 atom stereocenters. The molecular weight excluding hydrogens is 169 g/mol. The summed E-state index contributed by atoms with van der Waals surface area (Å²) in [5.41, 5.74) is 0. The Hall–Kier alpha value is -0.150. The van der Waals surface area contributed by atoms with Crippen molar-refractivity contribution in [3.05, 3.63) is 0 Å². The molecule has 13 heavy (non-hydrogen) atoms. The van der Waals surface area contributed by atoms with Gasteiger partial charge in [0.25, 0.3) is 0 Å². The van der Waals surface area contributed by atoms with Crippen LogP contribution in [0, 0.1) is 0 Å². The topological polar surface area (TPSA) is 12.5 Å². The van der Waals surface area contributed by atoms with Crippen molar-refractivity contribution in [2.24, 2.45) is 0 Å². The van der Waals surface area contributed by atoms with E-state index in [0.29, 0.717) is 31.3 Å². The molecule has 0 N–H and O–H groups in total. The van der Waals surface area contributed by atoms with E-state index in [0.717, 1.165) is 12.8 Å². The summed E-state index contributed by atoms with van der Waals surface area (Å²) in [6.45, 7) is 5.50. The van der Waals surface area contributed by atoms with E-state index in [9.17, 15) is 4.39 Å². The summed E-state index contributed by atoms with van der Waals surface area (Å²) in [4.78, 5) is 2.25. The zero-order valence-electron chi connectivity index (χ0n) is 8.37. The van der Waals surface area contributed by atoms with Gasteiger partial charge < -0.3 is 4.74 Å². The molecule has 0 aliphatic carbocycles. The van der Waals surface area contributed by atoms with E-state index in [1.165, 1.54) is 0 Å². The lowest BCUT2D eigenvalue weighted by Crippen LogP contribution is -2.56. The Labute approximate surface area is 79.1 Å². The van der Waals surface area contributed by atoms with Gasteiger partial charge in [-0.1, -0.05) is 0 Å². The standard InChI is InChI=1S/C10H18FNO/c1-7-3-10(4-8(2)13-7)12-5-9(11)6-12/h7-10H,3-6H2,1-2H3. The first-order valence-electron chi connectivity index (χ1n) is 5.18. The summed E-state index contributed by atoms with van der Waals surface area (Å²) >= 11 is 0.